The summed E-state index contributed by atoms with van der Waals surface area (Å²) >= 11 is 0. The van der Waals surface area contributed by atoms with Crippen LogP contribution in [0.15, 0.2) is 72.8 Å². The van der Waals surface area contributed by atoms with Gasteiger partial charge in [0.25, 0.3) is 0 Å². The number of rotatable bonds is 9. The first kappa shape index (κ1) is 26.4. The van der Waals surface area contributed by atoms with Crippen molar-refractivity contribution >= 4 is 34.2 Å². The monoisotopic (exact) mass is 526 g/mol. The van der Waals surface area contributed by atoms with Crippen LogP contribution >= 0.6 is 0 Å². The number of carbonyl (C=O) groups is 2. The van der Waals surface area contributed by atoms with Gasteiger partial charge < -0.3 is 15.0 Å². The molecule has 3 aromatic carbocycles. The van der Waals surface area contributed by atoms with E-state index in [2.05, 4.69) is 15.6 Å². The summed E-state index contributed by atoms with van der Waals surface area (Å²) in [6.07, 6.45) is 1.87. The fraction of sp³-hybridized carbons (Fsp3) is 0.333. The van der Waals surface area contributed by atoms with Crippen LogP contribution in [0.3, 0.4) is 0 Å². The molecule has 4 aromatic rings. The Balaban J connectivity index is 1.55. The van der Waals surface area contributed by atoms with Crippen molar-refractivity contribution in [2.24, 2.45) is 0 Å². The third kappa shape index (κ3) is 5.78. The van der Waals surface area contributed by atoms with Gasteiger partial charge in [-0.25, -0.2) is 4.68 Å². The second-order valence-corrected chi connectivity index (χ2v) is 10.1. The van der Waals surface area contributed by atoms with E-state index in [1.165, 1.54) is 0 Å². The highest BCUT2D eigenvalue weighted by Gasteiger charge is 2.34. The highest BCUT2D eigenvalue weighted by atomic mass is 16.5. The van der Waals surface area contributed by atoms with Gasteiger partial charge >= 0.3 is 0 Å². The molecule has 9 heteroatoms. The van der Waals surface area contributed by atoms with Crippen LogP contribution < -0.4 is 15.1 Å². The van der Waals surface area contributed by atoms with Crippen LogP contribution in [0, 0.1) is 6.92 Å². The zero-order valence-corrected chi connectivity index (χ0v) is 22.6. The zero-order valence-electron chi connectivity index (χ0n) is 22.6. The lowest BCUT2D eigenvalue weighted by molar-refractivity contribution is -0.127. The number of nitrogens with one attached hydrogen (secondary N) is 1. The summed E-state index contributed by atoms with van der Waals surface area (Å²) in [7, 11) is 3.93. The molecule has 1 aliphatic rings. The van der Waals surface area contributed by atoms with E-state index in [-0.39, 0.29) is 24.5 Å². The van der Waals surface area contributed by atoms with Gasteiger partial charge in [0.15, 0.2) is 0 Å². The van der Waals surface area contributed by atoms with Crippen molar-refractivity contribution in [1.29, 1.82) is 0 Å². The third-order valence-electron chi connectivity index (χ3n) is 7.11. The number of hydrogen-bond acceptors (Lipinski definition) is 6. The average molecular weight is 527 g/mol. The van der Waals surface area contributed by atoms with E-state index in [9.17, 15) is 9.59 Å². The Labute approximate surface area is 228 Å². The van der Waals surface area contributed by atoms with E-state index in [1.807, 2.05) is 98.7 Å². The Bertz CT molecular complexity index is 1440. The normalized spacial score (nSPS) is 15.7. The van der Waals surface area contributed by atoms with Gasteiger partial charge in [-0.1, -0.05) is 47.7 Å². The summed E-state index contributed by atoms with van der Waals surface area (Å²) in [4.78, 5) is 31.7. The second kappa shape index (κ2) is 11.7. The molecule has 0 radical (unpaired) electrons. The van der Waals surface area contributed by atoms with Gasteiger partial charge in [0.1, 0.15) is 18.1 Å². The molecule has 2 heterocycles. The number of aromatic nitrogens is 3. The summed E-state index contributed by atoms with van der Waals surface area (Å²) in [6, 6.07) is 22.0. The molecule has 202 valence electrons. The van der Waals surface area contributed by atoms with E-state index < -0.39 is 6.04 Å². The first-order valence-electron chi connectivity index (χ1n) is 13.2. The highest BCUT2D eigenvalue weighted by Crippen LogP contribution is 2.32. The third-order valence-corrected chi connectivity index (χ3v) is 7.11. The minimum absolute atomic E-state index is 0.0187. The van der Waals surface area contributed by atoms with Crippen LogP contribution in [0.25, 0.3) is 11.0 Å². The maximum Gasteiger partial charge on any atom is 0.249 e. The minimum atomic E-state index is -0.897. The van der Waals surface area contributed by atoms with Crippen LogP contribution in [0.2, 0.25) is 0 Å². The highest BCUT2D eigenvalue weighted by molar-refractivity contribution is 6.02. The topological polar surface area (TPSA) is 92.6 Å². The Morgan fingerprint density at radius 2 is 1.79 bits per heavy atom. The molecule has 2 amide bonds. The molecular formula is C30H34N6O3. The van der Waals surface area contributed by atoms with Crippen LogP contribution in [0.4, 0.5) is 11.4 Å². The van der Waals surface area contributed by atoms with Gasteiger partial charge in [-0.2, -0.15) is 0 Å². The molecule has 0 aliphatic carbocycles. The number of para-hydroxylation sites is 2. The number of amides is 2. The van der Waals surface area contributed by atoms with Crippen molar-refractivity contribution in [3.8, 4) is 0 Å². The van der Waals surface area contributed by atoms with Crippen molar-refractivity contribution in [1.82, 2.24) is 20.3 Å². The fourth-order valence-corrected chi connectivity index (χ4v) is 4.98. The van der Waals surface area contributed by atoms with Crippen LogP contribution in [-0.4, -0.2) is 60.2 Å². The Morgan fingerprint density at radius 3 is 2.51 bits per heavy atom. The molecule has 1 aromatic heterocycles. The van der Waals surface area contributed by atoms with Gasteiger partial charge in [0.05, 0.1) is 11.6 Å². The molecule has 39 heavy (non-hydrogen) atoms. The van der Waals surface area contributed by atoms with E-state index in [1.54, 1.807) is 9.58 Å². The number of ether oxygens (including phenoxy) is 1. The van der Waals surface area contributed by atoms with Gasteiger partial charge in [0, 0.05) is 38.6 Å². The first-order chi connectivity index (χ1) is 18.9. The maximum absolute atomic E-state index is 14.2. The number of fused-ring (bicyclic) bond motifs is 1. The summed E-state index contributed by atoms with van der Waals surface area (Å²) in [5.41, 5.74) is 4.73. The standard InChI is InChI=1S/C30H34N6O3/c1-21-9-4-6-12-26(21)36(28(37)20-35-27-13-7-5-11-25(27)32-33-35)29(22-14-16-23(17-15-22)34(2)3)30(38)31-19-24-10-8-18-39-24/h4-7,9,11-17,24,29H,8,10,18-20H2,1-3H3,(H,31,38). The molecular weight excluding hydrogens is 492 g/mol. The molecule has 0 bridgehead atoms. The Hall–Kier alpha value is -4.24. The number of aryl methyl sites for hydroxylation is 1. The molecule has 2 atom stereocenters. The lowest BCUT2D eigenvalue weighted by atomic mass is 10.0. The SMILES string of the molecule is Cc1ccccc1N(C(=O)Cn1nnc2ccccc21)C(C(=O)NCC1CCCO1)c1ccc(N(C)C)cc1. The minimum Gasteiger partial charge on any atom is -0.378 e. The first-order valence-corrected chi connectivity index (χ1v) is 13.2. The summed E-state index contributed by atoms with van der Waals surface area (Å²) < 4.78 is 7.32. The largest absolute Gasteiger partial charge is 0.378 e. The molecule has 0 saturated carbocycles. The molecule has 1 saturated heterocycles. The molecule has 5 rings (SSSR count). The number of nitrogens with zero attached hydrogens (tertiary/aromatic N) is 5. The van der Waals surface area contributed by atoms with Crippen LogP contribution in [0.5, 0.6) is 0 Å². The van der Waals surface area contributed by atoms with E-state index in [0.717, 1.165) is 29.6 Å². The molecule has 2 unspecified atom stereocenters. The fourth-order valence-electron chi connectivity index (χ4n) is 4.98. The Kier molecular flexibility index (Phi) is 7.88. The molecule has 1 N–H and O–H groups in total. The van der Waals surface area contributed by atoms with Crippen molar-refractivity contribution in [2.45, 2.75) is 38.5 Å². The summed E-state index contributed by atoms with van der Waals surface area (Å²) in [6.45, 7) is 2.97. The predicted octanol–water partition coefficient (Wildman–Crippen LogP) is 3.88. The van der Waals surface area contributed by atoms with E-state index >= 15 is 0 Å². The zero-order chi connectivity index (χ0) is 27.4. The average Bonchev–Trinajstić information content (AvgIpc) is 3.61. The quantitative estimate of drug-likeness (QED) is 0.356. The smallest absolute Gasteiger partial charge is 0.249 e. The summed E-state index contributed by atoms with van der Waals surface area (Å²) in [5, 5.41) is 11.5. The maximum atomic E-state index is 14.2. The van der Waals surface area contributed by atoms with Gasteiger partial charge in [-0.3, -0.25) is 14.5 Å². The number of anilines is 2. The molecule has 0 spiro atoms. The summed E-state index contributed by atoms with van der Waals surface area (Å²) in [5.74, 6) is -0.530. The Morgan fingerprint density at radius 1 is 1.05 bits per heavy atom. The van der Waals surface area contributed by atoms with Crippen molar-refractivity contribution in [3.63, 3.8) is 0 Å². The van der Waals surface area contributed by atoms with Gasteiger partial charge in [-0.05, 0) is 61.2 Å². The number of benzene rings is 3. The van der Waals surface area contributed by atoms with Crippen LogP contribution in [-0.2, 0) is 20.9 Å². The van der Waals surface area contributed by atoms with Crippen molar-refractivity contribution in [3.05, 3.63) is 83.9 Å². The van der Waals surface area contributed by atoms with Gasteiger partial charge in [0.2, 0.25) is 11.8 Å². The van der Waals surface area contributed by atoms with Crippen molar-refractivity contribution < 1.29 is 14.3 Å². The second-order valence-electron chi connectivity index (χ2n) is 10.1. The molecule has 1 aliphatic heterocycles. The van der Waals surface area contributed by atoms with Crippen LogP contribution in [0.1, 0.15) is 30.0 Å². The lowest BCUT2D eigenvalue weighted by Crippen LogP contribution is -2.47. The van der Waals surface area contributed by atoms with Gasteiger partial charge in [-0.15, -0.1) is 5.10 Å². The predicted molar refractivity (Wildman–Crippen MR) is 152 cm³/mol. The number of hydrogen-bond donors (Lipinski definition) is 1. The van der Waals surface area contributed by atoms with Crippen molar-refractivity contribution in [2.75, 3.05) is 37.0 Å². The molecule has 1 fully saturated rings. The lowest BCUT2D eigenvalue weighted by Gasteiger charge is -2.33. The van der Waals surface area contributed by atoms with E-state index in [0.29, 0.717) is 29.9 Å². The molecule has 9 nitrogen and oxygen atoms in total. The number of carbonyl (C=O) groups excluding carboxylic acids is 2. The van der Waals surface area contributed by atoms with E-state index in [4.69, 9.17) is 4.74 Å².